The van der Waals surface area contributed by atoms with Crippen molar-refractivity contribution >= 4 is 11.9 Å². The van der Waals surface area contributed by atoms with Crippen LogP contribution in [0.3, 0.4) is 0 Å². The molecule has 0 aliphatic heterocycles. The molecule has 0 aromatic heterocycles. The van der Waals surface area contributed by atoms with Crippen molar-refractivity contribution in [2.24, 2.45) is 0 Å². The molecule has 0 atom stereocenters. The average Bonchev–Trinajstić information content (AvgIpc) is 2.33. The van der Waals surface area contributed by atoms with Crippen molar-refractivity contribution < 1.29 is 17.9 Å². The van der Waals surface area contributed by atoms with Gasteiger partial charge in [-0.3, -0.25) is 0 Å². The summed E-state index contributed by atoms with van der Waals surface area (Å²) in [5.74, 6) is -2.03. The van der Waals surface area contributed by atoms with E-state index in [1.807, 2.05) is 0 Å². The van der Waals surface area contributed by atoms with Crippen LogP contribution in [0.2, 0.25) is 0 Å². The molecule has 0 unspecified atom stereocenters. The minimum Gasteiger partial charge on any atom is -0.618 e. The van der Waals surface area contributed by atoms with Gasteiger partial charge in [-0.2, -0.15) is 4.74 Å². The van der Waals surface area contributed by atoms with Crippen molar-refractivity contribution in [3.05, 3.63) is 70.7 Å². The number of halogens is 3. The molecular weight excluding hydrogens is 243 g/mol. The standard InChI is InChI=1S/C13H8F3NO/c14-10-3-5-12(6-4-10)17(18)8-9-1-2-11(15)7-13(9)16/h1-8H/b17-8-. The van der Waals surface area contributed by atoms with E-state index in [1.165, 1.54) is 12.1 Å². The molecule has 0 saturated heterocycles. The molecule has 2 aromatic carbocycles. The van der Waals surface area contributed by atoms with Crippen LogP contribution >= 0.6 is 0 Å². The number of hydrogen-bond acceptors (Lipinski definition) is 1. The Morgan fingerprint density at radius 3 is 2.11 bits per heavy atom. The monoisotopic (exact) mass is 251 g/mol. The fourth-order valence-corrected chi connectivity index (χ4v) is 1.40. The summed E-state index contributed by atoms with van der Waals surface area (Å²) in [6.07, 6.45) is 0.960. The minimum atomic E-state index is -0.835. The van der Waals surface area contributed by atoms with E-state index in [4.69, 9.17) is 0 Å². The highest BCUT2D eigenvalue weighted by atomic mass is 19.1. The van der Waals surface area contributed by atoms with Gasteiger partial charge >= 0.3 is 0 Å². The fraction of sp³-hybridized carbons (Fsp3) is 0. The Balaban J connectivity index is 2.35. The molecule has 0 aliphatic rings. The SMILES string of the molecule is [O-]/[N+](=C\c1ccc(F)cc1F)c1ccc(F)cc1. The summed E-state index contributed by atoms with van der Waals surface area (Å²) >= 11 is 0. The van der Waals surface area contributed by atoms with Gasteiger partial charge in [0.15, 0.2) is 6.21 Å². The van der Waals surface area contributed by atoms with Gasteiger partial charge in [0.05, 0.1) is 5.56 Å². The van der Waals surface area contributed by atoms with Gasteiger partial charge in [-0.05, 0) is 24.3 Å². The van der Waals surface area contributed by atoms with Crippen LogP contribution in [0.4, 0.5) is 18.9 Å². The summed E-state index contributed by atoms with van der Waals surface area (Å²) in [5, 5.41) is 11.6. The molecule has 2 rings (SSSR count). The van der Waals surface area contributed by atoms with Crippen molar-refractivity contribution in [1.29, 1.82) is 0 Å². The van der Waals surface area contributed by atoms with Gasteiger partial charge in [0.2, 0.25) is 5.69 Å². The highest BCUT2D eigenvalue weighted by Crippen LogP contribution is 2.13. The molecule has 0 heterocycles. The first-order valence-electron chi connectivity index (χ1n) is 5.08. The zero-order valence-electron chi connectivity index (χ0n) is 9.11. The van der Waals surface area contributed by atoms with Crippen molar-refractivity contribution in [1.82, 2.24) is 0 Å². The summed E-state index contributed by atoms with van der Waals surface area (Å²) in [6, 6.07) is 7.65. The van der Waals surface area contributed by atoms with E-state index >= 15 is 0 Å². The van der Waals surface area contributed by atoms with Crippen molar-refractivity contribution in [2.45, 2.75) is 0 Å². The third-order valence-electron chi connectivity index (χ3n) is 2.30. The quantitative estimate of drug-likeness (QED) is 0.348. The van der Waals surface area contributed by atoms with Gasteiger partial charge in [0.1, 0.15) is 17.5 Å². The zero-order chi connectivity index (χ0) is 13.1. The number of benzene rings is 2. The van der Waals surface area contributed by atoms with E-state index in [9.17, 15) is 18.4 Å². The third-order valence-corrected chi connectivity index (χ3v) is 2.30. The lowest BCUT2D eigenvalue weighted by atomic mass is 10.2. The molecule has 0 radical (unpaired) electrons. The number of rotatable bonds is 2. The molecule has 0 aliphatic carbocycles. The van der Waals surface area contributed by atoms with Crippen molar-refractivity contribution in [3.63, 3.8) is 0 Å². The highest BCUT2D eigenvalue weighted by molar-refractivity contribution is 5.76. The Morgan fingerprint density at radius 1 is 0.889 bits per heavy atom. The maximum atomic E-state index is 13.3. The van der Waals surface area contributed by atoms with Crippen LogP contribution in [0.1, 0.15) is 5.56 Å². The van der Waals surface area contributed by atoms with Gasteiger partial charge in [0.25, 0.3) is 0 Å². The number of nitrogens with zero attached hydrogens (tertiary/aromatic N) is 1. The summed E-state index contributed by atoms with van der Waals surface area (Å²) < 4.78 is 39.0. The van der Waals surface area contributed by atoms with Crippen LogP contribution in [0.25, 0.3) is 0 Å². The Kier molecular flexibility index (Phi) is 3.32. The van der Waals surface area contributed by atoms with E-state index in [2.05, 4.69) is 0 Å². The normalized spacial score (nSPS) is 11.6. The van der Waals surface area contributed by atoms with Crippen LogP contribution in [-0.4, -0.2) is 11.0 Å². The predicted molar refractivity (Wildman–Crippen MR) is 61.2 cm³/mol. The maximum Gasteiger partial charge on any atom is 0.216 e. The summed E-state index contributed by atoms with van der Waals surface area (Å²) in [7, 11) is 0. The molecule has 0 amide bonds. The summed E-state index contributed by atoms with van der Waals surface area (Å²) in [4.78, 5) is 0. The van der Waals surface area contributed by atoms with E-state index in [-0.39, 0.29) is 11.3 Å². The fourth-order valence-electron chi connectivity index (χ4n) is 1.40. The first-order chi connectivity index (χ1) is 8.56. The van der Waals surface area contributed by atoms with Gasteiger partial charge in [-0.1, -0.05) is 0 Å². The first-order valence-corrected chi connectivity index (χ1v) is 5.08. The molecule has 0 spiro atoms. The molecule has 2 aromatic rings. The van der Waals surface area contributed by atoms with E-state index in [0.717, 1.165) is 30.5 Å². The lowest BCUT2D eigenvalue weighted by molar-refractivity contribution is -0.354. The molecule has 5 heteroatoms. The van der Waals surface area contributed by atoms with Crippen LogP contribution in [-0.2, 0) is 0 Å². The Bertz CT molecular complexity index is 594. The van der Waals surface area contributed by atoms with Crippen LogP contribution in [0.5, 0.6) is 0 Å². The molecule has 2 nitrogen and oxygen atoms in total. The van der Waals surface area contributed by atoms with E-state index in [1.54, 1.807) is 0 Å². The Hall–Kier alpha value is -2.30. The lowest BCUT2D eigenvalue weighted by Crippen LogP contribution is -2.01. The second kappa shape index (κ2) is 4.91. The van der Waals surface area contributed by atoms with Gasteiger partial charge in [-0.25, -0.2) is 13.2 Å². The molecule has 0 saturated carbocycles. The third kappa shape index (κ3) is 2.68. The lowest BCUT2D eigenvalue weighted by Gasteiger charge is -2.03. The van der Waals surface area contributed by atoms with Crippen molar-refractivity contribution in [3.8, 4) is 0 Å². The molecule has 0 bridgehead atoms. The highest BCUT2D eigenvalue weighted by Gasteiger charge is 2.07. The van der Waals surface area contributed by atoms with E-state index < -0.39 is 17.5 Å². The second-order valence-electron chi connectivity index (χ2n) is 3.60. The summed E-state index contributed by atoms with van der Waals surface area (Å²) in [5.41, 5.74) is 0.107. The average molecular weight is 251 g/mol. The molecular formula is C13H8F3NO. The minimum absolute atomic E-state index is 0.0456. The second-order valence-corrected chi connectivity index (χ2v) is 3.60. The number of hydrogen-bond donors (Lipinski definition) is 0. The topological polar surface area (TPSA) is 26.1 Å². The van der Waals surface area contributed by atoms with Crippen LogP contribution in [0.15, 0.2) is 42.5 Å². The van der Waals surface area contributed by atoms with E-state index in [0.29, 0.717) is 10.8 Å². The van der Waals surface area contributed by atoms with Crippen LogP contribution < -0.4 is 0 Å². The molecule has 92 valence electrons. The maximum absolute atomic E-state index is 13.3. The molecule has 18 heavy (non-hydrogen) atoms. The Labute approximate surface area is 101 Å². The zero-order valence-corrected chi connectivity index (χ0v) is 9.11. The molecule has 0 fully saturated rings. The smallest absolute Gasteiger partial charge is 0.216 e. The van der Waals surface area contributed by atoms with Gasteiger partial charge in [-0.15, -0.1) is 0 Å². The van der Waals surface area contributed by atoms with Crippen LogP contribution in [0, 0.1) is 22.7 Å². The van der Waals surface area contributed by atoms with Gasteiger partial charge < -0.3 is 5.21 Å². The first kappa shape index (κ1) is 12.2. The summed E-state index contributed by atoms with van der Waals surface area (Å²) in [6.45, 7) is 0. The molecule has 0 N–H and O–H groups in total. The van der Waals surface area contributed by atoms with Gasteiger partial charge in [0, 0.05) is 18.2 Å². The van der Waals surface area contributed by atoms with Crippen molar-refractivity contribution in [2.75, 3.05) is 0 Å². The predicted octanol–water partition coefficient (Wildman–Crippen LogP) is 3.36. The largest absolute Gasteiger partial charge is 0.618 e. The Morgan fingerprint density at radius 2 is 1.50 bits per heavy atom.